The Bertz CT molecular complexity index is 666. The quantitative estimate of drug-likeness (QED) is 0.932. The smallest absolute Gasteiger partial charge is 0.253 e. The fourth-order valence-electron chi connectivity index (χ4n) is 2.92. The number of nitrogens with one attached hydrogen (secondary N) is 1. The van der Waals surface area contributed by atoms with Gasteiger partial charge in [-0.1, -0.05) is 37.5 Å². The standard InChI is InChI=1S/C18H19FN2O/c19-17-9-5-4-8-16(17)13-10-14(12-20-11-13)18(22)21-15-6-2-1-3-7-15/h4-5,8-12,15H,1-3,6-7H2,(H,21,22). The summed E-state index contributed by atoms with van der Waals surface area (Å²) in [5.41, 5.74) is 1.56. The van der Waals surface area contributed by atoms with Crippen LogP contribution in [0.1, 0.15) is 42.5 Å². The molecule has 1 aromatic carbocycles. The maximum Gasteiger partial charge on any atom is 0.253 e. The van der Waals surface area contributed by atoms with Crippen LogP contribution < -0.4 is 5.32 Å². The lowest BCUT2D eigenvalue weighted by molar-refractivity contribution is 0.0927. The van der Waals surface area contributed by atoms with Gasteiger partial charge in [0.2, 0.25) is 0 Å². The van der Waals surface area contributed by atoms with Crippen LogP contribution in [0.3, 0.4) is 0 Å². The molecule has 1 fully saturated rings. The summed E-state index contributed by atoms with van der Waals surface area (Å²) in [6.07, 6.45) is 8.75. The first-order valence-electron chi connectivity index (χ1n) is 7.75. The molecule has 1 N–H and O–H groups in total. The molecule has 0 aliphatic heterocycles. The molecule has 1 saturated carbocycles. The van der Waals surface area contributed by atoms with Crippen LogP contribution in [0.4, 0.5) is 4.39 Å². The van der Waals surface area contributed by atoms with E-state index in [1.54, 1.807) is 30.5 Å². The topological polar surface area (TPSA) is 42.0 Å². The maximum atomic E-state index is 13.9. The van der Waals surface area contributed by atoms with Crippen molar-refractivity contribution in [2.24, 2.45) is 0 Å². The van der Waals surface area contributed by atoms with Crippen LogP contribution in [-0.2, 0) is 0 Å². The number of pyridine rings is 1. The second kappa shape index (κ2) is 6.69. The lowest BCUT2D eigenvalue weighted by atomic mass is 9.95. The number of hydrogen-bond donors (Lipinski definition) is 1. The highest BCUT2D eigenvalue weighted by atomic mass is 19.1. The molecule has 0 radical (unpaired) electrons. The van der Waals surface area contributed by atoms with Gasteiger partial charge in [-0.05, 0) is 25.0 Å². The van der Waals surface area contributed by atoms with E-state index in [4.69, 9.17) is 0 Å². The molecule has 0 spiro atoms. The van der Waals surface area contributed by atoms with Gasteiger partial charge in [-0.15, -0.1) is 0 Å². The monoisotopic (exact) mass is 298 g/mol. The van der Waals surface area contributed by atoms with Crippen LogP contribution in [0.5, 0.6) is 0 Å². The number of amides is 1. The Balaban J connectivity index is 1.79. The predicted octanol–water partition coefficient (Wildman–Crippen LogP) is 3.95. The van der Waals surface area contributed by atoms with Crippen molar-refractivity contribution in [1.29, 1.82) is 0 Å². The van der Waals surface area contributed by atoms with E-state index in [-0.39, 0.29) is 17.8 Å². The van der Waals surface area contributed by atoms with Gasteiger partial charge in [0.1, 0.15) is 5.82 Å². The molecule has 3 nitrogen and oxygen atoms in total. The molecule has 114 valence electrons. The van der Waals surface area contributed by atoms with E-state index >= 15 is 0 Å². The van der Waals surface area contributed by atoms with Gasteiger partial charge in [0.15, 0.2) is 0 Å². The van der Waals surface area contributed by atoms with Crippen molar-refractivity contribution in [3.63, 3.8) is 0 Å². The largest absolute Gasteiger partial charge is 0.349 e. The van der Waals surface area contributed by atoms with E-state index in [0.717, 1.165) is 12.8 Å². The summed E-state index contributed by atoms with van der Waals surface area (Å²) in [6, 6.07) is 8.46. The molecule has 22 heavy (non-hydrogen) atoms. The van der Waals surface area contributed by atoms with E-state index in [0.29, 0.717) is 16.7 Å². The minimum absolute atomic E-state index is 0.127. The number of hydrogen-bond acceptors (Lipinski definition) is 2. The summed E-state index contributed by atoms with van der Waals surface area (Å²) in [5, 5.41) is 3.06. The molecule has 3 rings (SSSR count). The van der Waals surface area contributed by atoms with Crippen LogP contribution in [-0.4, -0.2) is 16.9 Å². The SMILES string of the molecule is O=C(NC1CCCCC1)c1cncc(-c2ccccc2F)c1. The average Bonchev–Trinajstić information content (AvgIpc) is 2.56. The first-order chi connectivity index (χ1) is 10.7. The van der Waals surface area contributed by atoms with Gasteiger partial charge in [0, 0.05) is 29.6 Å². The normalized spacial score (nSPS) is 15.5. The fourth-order valence-corrected chi connectivity index (χ4v) is 2.92. The Labute approximate surface area is 129 Å². The predicted molar refractivity (Wildman–Crippen MR) is 84.0 cm³/mol. The highest BCUT2D eigenvalue weighted by molar-refractivity contribution is 5.95. The van der Waals surface area contributed by atoms with Gasteiger partial charge in [-0.3, -0.25) is 9.78 Å². The molecule has 1 heterocycles. The van der Waals surface area contributed by atoms with Crippen LogP contribution in [0, 0.1) is 5.82 Å². The van der Waals surface area contributed by atoms with Crippen LogP contribution >= 0.6 is 0 Å². The molecule has 1 aromatic heterocycles. The Kier molecular flexibility index (Phi) is 4.47. The molecule has 0 unspecified atom stereocenters. The molecule has 4 heteroatoms. The van der Waals surface area contributed by atoms with Crippen molar-refractivity contribution in [2.45, 2.75) is 38.1 Å². The molecule has 1 amide bonds. The lowest BCUT2D eigenvalue weighted by Gasteiger charge is -2.22. The third kappa shape index (κ3) is 3.32. The first-order valence-corrected chi connectivity index (χ1v) is 7.75. The molecular weight excluding hydrogens is 279 g/mol. The molecule has 0 atom stereocenters. The third-order valence-electron chi connectivity index (χ3n) is 4.13. The third-order valence-corrected chi connectivity index (χ3v) is 4.13. The number of rotatable bonds is 3. The molecule has 0 saturated heterocycles. The number of aromatic nitrogens is 1. The van der Waals surface area contributed by atoms with Crippen molar-refractivity contribution in [3.8, 4) is 11.1 Å². The highest BCUT2D eigenvalue weighted by Crippen LogP contribution is 2.23. The lowest BCUT2D eigenvalue weighted by Crippen LogP contribution is -2.36. The fraction of sp³-hybridized carbons (Fsp3) is 0.333. The highest BCUT2D eigenvalue weighted by Gasteiger charge is 2.17. The van der Waals surface area contributed by atoms with Gasteiger partial charge in [-0.2, -0.15) is 0 Å². The zero-order valence-electron chi connectivity index (χ0n) is 12.4. The average molecular weight is 298 g/mol. The number of benzene rings is 1. The van der Waals surface area contributed by atoms with E-state index in [2.05, 4.69) is 10.3 Å². The molecule has 0 bridgehead atoms. The summed E-state index contributed by atoms with van der Waals surface area (Å²) >= 11 is 0. The van der Waals surface area contributed by atoms with Crippen LogP contribution in [0.25, 0.3) is 11.1 Å². The van der Waals surface area contributed by atoms with E-state index in [1.165, 1.54) is 31.5 Å². The van der Waals surface area contributed by atoms with Crippen molar-refractivity contribution in [2.75, 3.05) is 0 Å². The minimum atomic E-state index is -0.311. The molecule has 1 aliphatic carbocycles. The van der Waals surface area contributed by atoms with Gasteiger partial charge >= 0.3 is 0 Å². The second-order valence-electron chi connectivity index (χ2n) is 5.75. The van der Waals surface area contributed by atoms with Gasteiger partial charge in [-0.25, -0.2) is 4.39 Å². The van der Waals surface area contributed by atoms with Crippen molar-refractivity contribution in [3.05, 3.63) is 54.1 Å². The Morgan fingerprint density at radius 2 is 1.91 bits per heavy atom. The van der Waals surface area contributed by atoms with E-state index < -0.39 is 0 Å². The van der Waals surface area contributed by atoms with Crippen molar-refractivity contribution >= 4 is 5.91 Å². The van der Waals surface area contributed by atoms with E-state index in [1.807, 2.05) is 0 Å². The first kappa shape index (κ1) is 14.7. The number of nitrogens with zero attached hydrogens (tertiary/aromatic N) is 1. The zero-order valence-corrected chi connectivity index (χ0v) is 12.4. The molecular formula is C18H19FN2O. The minimum Gasteiger partial charge on any atom is -0.349 e. The maximum absolute atomic E-state index is 13.9. The van der Waals surface area contributed by atoms with Crippen molar-refractivity contribution in [1.82, 2.24) is 10.3 Å². The number of carbonyl (C=O) groups is 1. The van der Waals surface area contributed by atoms with Gasteiger partial charge < -0.3 is 5.32 Å². The Morgan fingerprint density at radius 1 is 1.14 bits per heavy atom. The number of halogens is 1. The summed E-state index contributed by atoms with van der Waals surface area (Å²) in [4.78, 5) is 16.4. The van der Waals surface area contributed by atoms with Crippen molar-refractivity contribution < 1.29 is 9.18 Å². The Hall–Kier alpha value is -2.23. The summed E-state index contributed by atoms with van der Waals surface area (Å²) in [6.45, 7) is 0. The zero-order chi connectivity index (χ0) is 15.4. The number of carbonyl (C=O) groups excluding carboxylic acids is 1. The van der Waals surface area contributed by atoms with E-state index in [9.17, 15) is 9.18 Å². The van der Waals surface area contributed by atoms with Crippen LogP contribution in [0.2, 0.25) is 0 Å². The molecule has 1 aliphatic rings. The summed E-state index contributed by atoms with van der Waals surface area (Å²) in [5.74, 6) is -0.438. The summed E-state index contributed by atoms with van der Waals surface area (Å²) < 4.78 is 13.9. The van der Waals surface area contributed by atoms with Gasteiger partial charge in [0.25, 0.3) is 5.91 Å². The molecule has 2 aromatic rings. The second-order valence-corrected chi connectivity index (χ2v) is 5.75. The van der Waals surface area contributed by atoms with Crippen LogP contribution in [0.15, 0.2) is 42.7 Å². The van der Waals surface area contributed by atoms with Gasteiger partial charge in [0.05, 0.1) is 5.56 Å². The Morgan fingerprint density at radius 3 is 2.68 bits per heavy atom. The summed E-state index contributed by atoms with van der Waals surface area (Å²) in [7, 11) is 0.